The van der Waals surface area contributed by atoms with Crippen molar-refractivity contribution in [3.63, 3.8) is 0 Å². The lowest BCUT2D eigenvalue weighted by Crippen LogP contribution is -2.20. The fraction of sp³-hybridized carbons (Fsp3) is 0.158. The Hall–Kier alpha value is -1.50. The number of halogens is 4. The average molecular weight is 474 g/mol. The molecule has 0 aliphatic rings. The molecule has 0 atom stereocenters. The molecule has 146 valence electrons. The van der Waals surface area contributed by atoms with Gasteiger partial charge in [0.2, 0.25) is 0 Å². The van der Waals surface area contributed by atoms with Crippen molar-refractivity contribution < 1.29 is 0 Å². The zero-order chi connectivity index (χ0) is 20.4. The Morgan fingerprint density at radius 2 is 1.68 bits per heavy atom. The van der Waals surface area contributed by atoms with Gasteiger partial charge in [0.1, 0.15) is 0 Å². The highest BCUT2D eigenvalue weighted by Gasteiger charge is 2.14. The number of anilines is 2. The normalized spacial score (nSPS) is 10.8. The van der Waals surface area contributed by atoms with Gasteiger partial charge in [-0.05, 0) is 62.0 Å². The molecule has 0 unspecified atom stereocenters. The molecule has 3 rings (SSSR count). The third kappa shape index (κ3) is 4.91. The second kappa shape index (κ2) is 8.89. The Morgan fingerprint density at radius 1 is 0.964 bits per heavy atom. The summed E-state index contributed by atoms with van der Waals surface area (Å²) >= 11 is 29.7. The number of thiocarbonyl (C=S) groups is 1. The van der Waals surface area contributed by atoms with Gasteiger partial charge in [-0.2, -0.15) is 5.10 Å². The first-order chi connectivity index (χ1) is 13.2. The Morgan fingerprint density at radius 3 is 2.39 bits per heavy atom. The minimum absolute atomic E-state index is 0.393. The highest BCUT2D eigenvalue weighted by molar-refractivity contribution is 7.80. The van der Waals surface area contributed by atoms with Crippen LogP contribution < -0.4 is 10.6 Å². The molecule has 1 heterocycles. The maximum atomic E-state index is 6.18. The van der Waals surface area contributed by atoms with E-state index in [4.69, 9.17) is 58.6 Å². The number of nitrogens with zero attached hydrogens (tertiary/aromatic N) is 2. The summed E-state index contributed by atoms with van der Waals surface area (Å²) in [6.07, 6.45) is 0. The molecule has 0 spiro atoms. The third-order valence-corrected chi connectivity index (χ3v) is 5.62. The van der Waals surface area contributed by atoms with Crippen LogP contribution in [0, 0.1) is 13.8 Å². The molecule has 0 aliphatic heterocycles. The third-order valence-electron chi connectivity index (χ3n) is 4.11. The Balaban J connectivity index is 1.76. The van der Waals surface area contributed by atoms with Gasteiger partial charge in [0.05, 0.1) is 44.4 Å². The number of aryl methyl sites for hydroxylation is 1. The average Bonchev–Trinajstić information content (AvgIpc) is 2.89. The molecule has 3 aromatic rings. The Labute approximate surface area is 188 Å². The van der Waals surface area contributed by atoms with Crippen LogP contribution in [0.15, 0.2) is 36.4 Å². The summed E-state index contributed by atoms with van der Waals surface area (Å²) < 4.78 is 1.88. The van der Waals surface area contributed by atoms with Gasteiger partial charge in [-0.25, -0.2) is 0 Å². The summed E-state index contributed by atoms with van der Waals surface area (Å²) in [4.78, 5) is 0. The second-order valence-corrected chi connectivity index (χ2v) is 8.22. The Kier molecular flexibility index (Phi) is 6.73. The van der Waals surface area contributed by atoms with Crippen molar-refractivity contribution in [2.45, 2.75) is 20.4 Å². The van der Waals surface area contributed by atoms with Crippen LogP contribution in [0.5, 0.6) is 0 Å². The molecule has 0 fully saturated rings. The molecule has 28 heavy (non-hydrogen) atoms. The SMILES string of the molecule is Cc1nn(Cc2ccc(Cl)c(Cl)c2)c(C)c1NC(=S)Nc1cc(Cl)ccc1Cl. The lowest BCUT2D eigenvalue weighted by Gasteiger charge is -2.13. The molecule has 2 aromatic carbocycles. The maximum Gasteiger partial charge on any atom is 0.175 e. The zero-order valence-corrected chi connectivity index (χ0v) is 18.8. The van der Waals surface area contributed by atoms with Crippen LogP contribution in [-0.4, -0.2) is 14.9 Å². The van der Waals surface area contributed by atoms with E-state index in [9.17, 15) is 0 Å². The van der Waals surface area contributed by atoms with E-state index < -0.39 is 0 Å². The fourth-order valence-corrected chi connectivity index (χ4v) is 3.57. The molecule has 0 saturated heterocycles. The molecule has 0 saturated carbocycles. The van der Waals surface area contributed by atoms with E-state index in [2.05, 4.69) is 15.7 Å². The molecule has 0 bridgehead atoms. The molecule has 0 radical (unpaired) electrons. The van der Waals surface area contributed by atoms with Crippen molar-refractivity contribution >= 4 is 75.1 Å². The molecule has 2 N–H and O–H groups in total. The van der Waals surface area contributed by atoms with Crippen molar-refractivity contribution in [1.29, 1.82) is 0 Å². The summed E-state index contributed by atoms with van der Waals surface area (Å²) in [6, 6.07) is 10.7. The van der Waals surface area contributed by atoms with Gasteiger partial charge in [0, 0.05) is 5.02 Å². The van der Waals surface area contributed by atoms with Gasteiger partial charge >= 0.3 is 0 Å². The summed E-state index contributed by atoms with van der Waals surface area (Å²) in [7, 11) is 0. The maximum absolute atomic E-state index is 6.18. The number of benzene rings is 2. The first-order valence-corrected chi connectivity index (χ1v) is 10.2. The van der Waals surface area contributed by atoms with Crippen LogP contribution in [0.1, 0.15) is 17.0 Å². The predicted molar refractivity (Wildman–Crippen MR) is 124 cm³/mol. The van der Waals surface area contributed by atoms with Crippen molar-refractivity contribution in [1.82, 2.24) is 9.78 Å². The highest BCUT2D eigenvalue weighted by Crippen LogP contribution is 2.27. The molecule has 0 amide bonds. The molecular formula is C19H16Cl4N4S. The van der Waals surface area contributed by atoms with Gasteiger partial charge in [0.25, 0.3) is 0 Å². The predicted octanol–water partition coefficient (Wildman–Crippen LogP) is 6.97. The van der Waals surface area contributed by atoms with Crippen molar-refractivity contribution in [3.05, 3.63) is 73.4 Å². The standard InChI is InChI=1S/C19H16Cl4N4S/c1-10-18(25-19(28)24-17-8-13(20)4-6-15(17)22)11(2)27(26-10)9-12-3-5-14(21)16(23)7-12/h3-8H,9H2,1-2H3,(H2,24,25,28). The zero-order valence-electron chi connectivity index (χ0n) is 15.0. The molecule has 9 heteroatoms. The molecular weight excluding hydrogens is 458 g/mol. The van der Waals surface area contributed by atoms with Crippen molar-refractivity contribution in [2.24, 2.45) is 0 Å². The number of rotatable bonds is 4. The van der Waals surface area contributed by atoms with E-state index in [0.29, 0.717) is 37.4 Å². The number of nitrogens with one attached hydrogen (secondary N) is 2. The first-order valence-electron chi connectivity index (χ1n) is 8.25. The van der Waals surface area contributed by atoms with Crippen LogP contribution in [-0.2, 0) is 6.54 Å². The fourth-order valence-electron chi connectivity index (χ4n) is 2.70. The topological polar surface area (TPSA) is 41.9 Å². The van der Waals surface area contributed by atoms with E-state index in [1.165, 1.54) is 0 Å². The number of hydrogen-bond acceptors (Lipinski definition) is 2. The van der Waals surface area contributed by atoms with E-state index >= 15 is 0 Å². The molecule has 4 nitrogen and oxygen atoms in total. The smallest absolute Gasteiger partial charge is 0.175 e. The summed E-state index contributed by atoms with van der Waals surface area (Å²) in [6.45, 7) is 4.44. The Bertz CT molecular complexity index is 1050. The quantitative estimate of drug-likeness (QED) is 0.401. The molecule has 0 aliphatic carbocycles. The van der Waals surface area contributed by atoms with Gasteiger partial charge < -0.3 is 10.6 Å². The van der Waals surface area contributed by atoms with E-state index in [1.54, 1.807) is 24.3 Å². The van der Waals surface area contributed by atoms with Crippen molar-refractivity contribution in [3.8, 4) is 0 Å². The highest BCUT2D eigenvalue weighted by atomic mass is 35.5. The lowest BCUT2D eigenvalue weighted by molar-refractivity contribution is 0.659. The first kappa shape index (κ1) is 21.2. The minimum Gasteiger partial charge on any atom is -0.331 e. The monoisotopic (exact) mass is 472 g/mol. The van der Waals surface area contributed by atoms with Gasteiger partial charge in [-0.15, -0.1) is 0 Å². The minimum atomic E-state index is 0.393. The number of aromatic nitrogens is 2. The van der Waals surface area contributed by atoms with Crippen LogP contribution >= 0.6 is 58.6 Å². The lowest BCUT2D eigenvalue weighted by atomic mass is 10.2. The van der Waals surface area contributed by atoms with Crippen LogP contribution in [0.25, 0.3) is 0 Å². The van der Waals surface area contributed by atoms with E-state index in [0.717, 1.165) is 22.6 Å². The van der Waals surface area contributed by atoms with Gasteiger partial charge in [0.15, 0.2) is 5.11 Å². The summed E-state index contributed by atoms with van der Waals surface area (Å²) in [5.74, 6) is 0. The van der Waals surface area contributed by atoms with E-state index in [-0.39, 0.29) is 0 Å². The van der Waals surface area contributed by atoms with Crippen LogP contribution in [0.2, 0.25) is 20.1 Å². The number of hydrogen-bond donors (Lipinski definition) is 2. The second-order valence-electron chi connectivity index (χ2n) is 6.16. The summed E-state index contributed by atoms with van der Waals surface area (Å²) in [5.41, 5.74) is 4.21. The largest absolute Gasteiger partial charge is 0.331 e. The van der Waals surface area contributed by atoms with Gasteiger partial charge in [-0.3, -0.25) is 4.68 Å². The van der Waals surface area contributed by atoms with Gasteiger partial charge in [-0.1, -0.05) is 52.5 Å². The summed E-state index contributed by atoms with van der Waals surface area (Å²) in [5, 5.41) is 13.4. The van der Waals surface area contributed by atoms with Crippen LogP contribution in [0.3, 0.4) is 0 Å². The van der Waals surface area contributed by atoms with Crippen molar-refractivity contribution in [2.75, 3.05) is 10.6 Å². The molecule has 1 aromatic heterocycles. The van der Waals surface area contributed by atoms with E-state index in [1.807, 2.05) is 30.7 Å². The van der Waals surface area contributed by atoms with Crippen LogP contribution in [0.4, 0.5) is 11.4 Å².